The summed E-state index contributed by atoms with van der Waals surface area (Å²) in [4.78, 5) is 16.5. The van der Waals surface area contributed by atoms with Crippen LogP contribution in [0.5, 0.6) is 5.75 Å². The standard InChI is InChI=1S/C19H19N3O2/c1-14-20-11-12-22(14)16-9-7-15(8-10-16)13-21-19(23)17-5-3-4-6-18(17)24-2/h3-12H,13H2,1-2H3,(H,21,23). The summed E-state index contributed by atoms with van der Waals surface area (Å²) < 4.78 is 7.23. The summed E-state index contributed by atoms with van der Waals surface area (Å²) in [6.07, 6.45) is 3.70. The van der Waals surface area contributed by atoms with Crippen LogP contribution in [-0.4, -0.2) is 22.6 Å². The number of benzene rings is 2. The van der Waals surface area contributed by atoms with Crippen LogP contribution in [0.2, 0.25) is 0 Å². The molecule has 3 aromatic rings. The molecule has 5 heteroatoms. The Kier molecular flexibility index (Phi) is 4.61. The van der Waals surface area contributed by atoms with Crippen LogP contribution in [0, 0.1) is 6.92 Å². The molecule has 0 saturated carbocycles. The molecule has 5 nitrogen and oxygen atoms in total. The molecule has 0 aliphatic rings. The zero-order valence-electron chi connectivity index (χ0n) is 13.7. The maximum absolute atomic E-state index is 12.3. The minimum absolute atomic E-state index is 0.151. The van der Waals surface area contributed by atoms with Crippen molar-refractivity contribution in [3.05, 3.63) is 77.9 Å². The average Bonchev–Trinajstić information content (AvgIpc) is 3.06. The fraction of sp³-hybridized carbons (Fsp3) is 0.158. The highest BCUT2D eigenvalue weighted by molar-refractivity contribution is 5.96. The van der Waals surface area contributed by atoms with Gasteiger partial charge in [0.15, 0.2) is 0 Å². The van der Waals surface area contributed by atoms with Crippen molar-refractivity contribution in [1.29, 1.82) is 0 Å². The highest BCUT2D eigenvalue weighted by Crippen LogP contribution is 2.17. The van der Waals surface area contributed by atoms with Gasteiger partial charge < -0.3 is 14.6 Å². The van der Waals surface area contributed by atoms with Gasteiger partial charge in [0.25, 0.3) is 5.91 Å². The van der Waals surface area contributed by atoms with E-state index in [4.69, 9.17) is 4.74 Å². The van der Waals surface area contributed by atoms with Gasteiger partial charge >= 0.3 is 0 Å². The predicted octanol–water partition coefficient (Wildman–Crippen LogP) is 3.12. The molecule has 0 aliphatic carbocycles. The molecule has 0 unspecified atom stereocenters. The number of hydrogen-bond acceptors (Lipinski definition) is 3. The molecule has 1 N–H and O–H groups in total. The lowest BCUT2D eigenvalue weighted by atomic mass is 10.1. The fourth-order valence-corrected chi connectivity index (χ4v) is 2.54. The number of methoxy groups -OCH3 is 1. The van der Waals surface area contributed by atoms with Crippen LogP contribution in [0.3, 0.4) is 0 Å². The number of ether oxygens (including phenoxy) is 1. The number of para-hydroxylation sites is 1. The number of aryl methyl sites for hydroxylation is 1. The molecule has 1 heterocycles. The van der Waals surface area contributed by atoms with E-state index in [0.29, 0.717) is 17.9 Å². The van der Waals surface area contributed by atoms with Gasteiger partial charge in [-0.05, 0) is 36.8 Å². The molecule has 0 spiro atoms. The molecule has 122 valence electrons. The lowest BCUT2D eigenvalue weighted by Gasteiger charge is -2.10. The summed E-state index contributed by atoms with van der Waals surface area (Å²) in [5.74, 6) is 1.36. The summed E-state index contributed by atoms with van der Waals surface area (Å²) >= 11 is 0. The number of nitrogens with one attached hydrogen (secondary N) is 1. The van der Waals surface area contributed by atoms with Crippen LogP contribution in [0.15, 0.2) is 60.9 Å². The highest BCUT2D eigenvalue weighted by atomic mass is 16.5. The molecular formula is C19H19N3O2. The van der Waals surface area contributed by atoms with E-state index in [-0.39, 0.29) is 5.91 Å². The normalized spacial score (nSPS) is 10.4. The largest absolute Gasteiger partial charge is 0.496 e. The van der Waals surface area contributed by atoms with Crippen LogP contribution in [0.1, 0.15) is 21.7 Å². The SMILES string of the molecule is COc1ccccc1C(=O)NCc1ccc(-n2ccnc2C)cc1. The van der Waals surface area contributed by atoms with Crippen LogP contribution in [0.4, 0.5) is 0 Å². The van der Waals surface area contributed by atoms with Crippen molar-refractivity contribution < 1.29 is 9.53 Å². The Labute approximate surface area is 140 Å². The Morgan fingerprint density at radius 2 is 1.92 bits per heavy atom. The molecular weight excluding hydrogens is 302 g/mol. The first-order valence-corrected chi connectivity index (χ1v) is 7.69. The molecule has 2 aromatic carbocycles. The maximum atomic E-state index is 12.3. The van der Waals surface area contributed by atoms with Gasteiger partial charge in [-0.3, -0.25) is 4.79 Å². The number of nitrogens with zero attached hydrogens (tertiary/aromatic N) is 2. The molecule has 1 aromatic heterocycles. The Morgan fingerprint density at radius 1 is 1.17 bits per heavy atom. The van der Waals surface area contributed by atoms with Gasteiger partial charge in [-0.25, -0.2) is 4.98 Å². The van der Waals surface area contributed by atoms with E-state index >= 15 is 0 Å². The Morgan fingerprint density at radius 3 is 2.58 bits per heavy atom. The Hall–Kier alpha value is -3.08. The van der Waals surface area contributed by atoms with E-state index in [9.17, 15) is 4.79 Å². The highest BCUT2D eigenvalue weighted by Gasteiger charge is 2.10. The number of imidazole rings is 1. The van der Waals surface area contributed by atoms with Gasteiger partial charge in [-0.2, -0.15) is 0 Å². The number of carbonyl (C=O) groups excluding carboxylic acids is 1. The molecule has 0 atom stereocenters. The van der Waals surface area contributed by atoms with Crippen molar-refractivity contribution in [2.45, 2.75) is 13.5 Å². The first-order valence-electron chi connectivity index (χ1n) is 7.69. The Bertz CT molecular complexity index is 838. The lowest BCUT2D eigenvalue weighted by molar-refractivity contribution is 0.0948. The first-order chi connectivity index (χ1) is 11.7. The van der Waals surface area contributed by atoms with E-state index in [1.807, 2.05) is 54.1 Å². The van der Waals surface area contributed by atoms with E-state index in [0.717, 1.165) is 17.1 Å². The Balaban J connectivity index is 1.67. The number of amides is 1. The quantitative estimate of drug-likeness (QED) is 0.785. The fourth-order valence-electron chi connectivity index (χ4n) is 2.54. The predicted molar refractivity (Wildman–Crippen MR) is 92.5 cm³/mol. The first kappa shape index (κ1) is 15.8. The smallest absolute Gasteiger partial charge is 0.255 e. The molecule has 0 aliphatic heterocycles. The van der Waals surface area contributed by atoms with E-state index in [1.165, 1.54) is 0 Å². The average molecular weight is 321 g/mol. The zero-order chi connectivity index (χ0) is 16.9. The minimum atomic E-state index is -0.151. The van der Waals surface area contributed by atoms with E-state index in [2.05, 4.69) is 10.3 Å². The third kappa shape index (κ3) is 3.30. The van der Waals surface area contributed by atoms with E-state index in [1.54, 1.807) is 25.4 Å². The van der Waals surface area contributed by atoms with Crippen LogP contribution < -0.4 is 10.1 Å². The summed E-state index contributed by atoms with van der Waals surface area (Å²) in [6, 6.07) is 15.2. The van der Waals surface area contributed by atoms with E-state index < -0.39 is 0 Å². The number of carbonyl (C=O) groups is 1. The number of aromatic nitrogens is 2. The topological polar surface area (TPSA) is 56.1 Å². The van der Waals surface area contributed by atoms with Gasteiger partial charge in [0.1, 0.15) is 11.6 Å². The van der Waals surface area contributed by atoms with Crippen molar-refractivity contribution in [2.75, 3.05) is 7.11 Å². The summed E-state index contributed by atoms with van der Waals surface area (Å²) in [6.45, 7) is 2.42. The van der Waals surface area contributed by atoms with Crippen LogP contribution >= 0.6 is 0 Å². The maximum Gasteiger partial charge on any atom is 0.255 e. The monoisotopic (exact) mass is 321 g/mol. The van der Waals surface area contributed by atoms with Gasteiger partial charge in [0.05, 0.1) is 12.7 Å². The summed E-state index contributed by atoms with van der Waals surface area (Å²) in [5.41, 5.74) is 2.61. The van der Waals surface area contributed by atoms with Gasteiger partial charge in [0, 0.05) is 24.6 Å². The van der Waals surface area contributed by atoms with Crippen molar-refractivity contribution in [2.24, 2.45) is 0 Å². The minimum Gasteiger partial charge on any atom is -0.496 e. The second-order valence-corrected chi connectivity index (χ2v) is 5.39. The van der Waals surface area contributed by atoms with Crippen molar-refractivity contribution in [3.63, 3.8) is 0 Å². The second-order valence-electron chi connectivity index (χ2n) is 5.39. The summed E-state index contributed by atoms with van der Waals surface area (Å²) in [5, 5.41) is 2.92. The summed E-state index contributed by atoms with van der Waals surface area (Å²) in [7, 11) is 1.56. The number of rotatable bonds is 5. The molecule has 0 fully saturated rings. The van der Waals surface area contributed by atoms with Crippen molar-refractivity contribution in [3.8, 4) is 11.4 Å². The van der Waals surface area contributed by atoms with Crippen molar-refractivity contribution in [1.82, 2.24) is 14.9 Å². The third-order valence-corrected chi connectivity index (χ3v) is 3.84. The van der Waals surface area contributed by atoms with Crippen molar-refractivity contribution >= 4 is 5.91 Å². The van der Waals surface area contributed by atoms with Gasteiger partial charge in [-0.1, -0.05) is 24.3 Å². The number of hydrogen-bond donors (Lipinski definition) is 1. The lowest BCUT2D eigenvalue weighted by Crippen LogP contribution is -2.23. The van der Waals surface area contributed by atoms with Crippen LogP contribution in [-0.2, 0) is 6.54 Å². The molecule has 3 rings (SSSR count). The third-order valence-electron chi connectivity index (χ3n) is 3.84. The zero-order valence-corrected chi connectivity index (χ0v) is 13.7. The van der Waals surface area contributed by atoms with Gasteiger partial charge in [0.2, 0.25) is 0 Å². The van der Waals surface area contributed by atoms with Gasteiger partial charge in [-0.15, -0.1) is 0 Å². The molecule has 0 bridgehead atoms. The molecule has 24 heavy (non-hydrogen) atoms. The molecule has 0 radical (unpaired) electrons. The molecule has 1 amide bonds. The van der Waals surface area contributed by atoms with Crippen LogP contribution in [0.25, 0.3) is 5.69 Å². The molecule has 0 saturated heterocycles. The second kappa shape index (κ2) is 7.00.